The van der Waals surface area contributed by atoms with Crippen LogP contribution in [0.2, 0.25) is 0 Å². The normalized spacial score (nSPS) is 12.6. The number of hydrogen-bond donors (Lipinski definition) is 2. The van der Waals surface area contributed by atoms with E-state index in [0.29, 0.717) is 0 Å². The van der Waals surface area contributed by atoms with Crippen molar-refractivity contribution in [2.24, 2.45) is 0 Å². The Labute approximate surface area is 172 Å². The lowest BCUT2D eigenvalue weighted by atomic mass is 10.0. The third-order valence-corrected chi connectivity index (χ3v) is 6.36. The van der Waals surface area contributed by atoms with E-state index in [4.69, 9.17) is 0 Å². The van der Waals surface area contributed by atoms with E-state index in [9.17, 15) is 13.2 Å². The monoisotopic (exact) mass is 410 g/mol. The van der Waals surface area contributed by atoms with Gasteiger partial charge in [0.1, 0.15) is 0 Å². The molecule has 1 atom stereocenters. The number of carbonyl (C=O) groups excluding carboxylic acids is 1. The van der Waals surface area contributed by atoms with E-state index >= 15 is 0 Å². The van der Waals surface area contributed by atoms with Crippen molar-refractivity contribution in [3.8, 4) is 0 Å². The van der Waals surface area contributed by atoms with Crippen LogP contribution in [0.4, 0.5) is 0 Å². The van der Waals surface area contributed by atoms with Gasteiger partial charge in [0, 0.05) is 13.0 Å². The van der Waals surface area contributed by atoms with Crippen LogP contribution >= 0.6 is 0 Å². The minimum Gasteiger partial charge on any atom is -0.349 e. The summed E-state index contributed by atoms with van der Waals surface area (Å²) in [7, 11) is -3.67. The first kappa shape index (κ1) is 21.0. The molecule has 0 fully saturated rings. The molecule has 29 heavy (non-hydrogen) atoms. The molecule has 0 saturated heterocycles. The van der Waals surface area contributed by atoms with Crippen molar-refractivity contribution in [2.45, 2.75) is 37.6 Å². The Morgan fingerprint density at radius 1 is 0.966 bits per heavy atom. The summed E-state index contributed by atoms with van der Waals surface area (Å²) in [6, 6.07) is 20.5. The van der Waals surface area contributed by atoms with Gasteiger partial charge >= 0.3 is 0 Å². The number of aryl methyl sites for hydroxylation is 1. The van der Waals surface area contributed by atoms with Crippen molar-refractivity contribution >= 4 is 26.7 Å². The zero-order valence-electron chi connectivity index (χ0n) is 16.7. The van der Waals surface area contributed by atoms with Crippen LogP contribution in [0.1, 0.15) is 36.9 Å². The van der Waals surface area contributed by atoms with E-state index in [1.165, 1.54) is 0 Å². The molecule has 3 aromatic rings. The van der Waals surface area contributed by atoms with Crippen LogP contribution in [0.15, 0.2) is 71.6 Å². The summed E-state index contributed by atoms with van der Waals surface area (Å²) in [5.41, 5.74) is 2.21. The molecule has 0 saturated carbocycles. The number of amides is 1. The molecular weight excluding hydrogens is 384 g/mol. The number of nitrogens with one attached hydrogen (secondary N) is 2. The second kappa shape index (κ2) is 9.20. The number of fused-ring (bicyclic) bond motifs is 1. The summed E-state index contributed by atoms with van der Waals surface area (Å²) in [6.07, 6.45) is 0.840. The summed E-state index contributed by atoms with van der Waals surface area (Å²) in [4.78, 5) is 12.5. The highest BCUT2D eigenvalue weighted by Gasteiger charge is 2.16. The first-order valence-electron chi connectivity index (χ1n) is 9.73. The van der Waals surface area contributed by atoms with Crippen LogP contribution in [-0.2, 0) is 14.8 Å². The van der Waals surface area contributed by atoms with Crippen LogP contribution in [0, 0.1) is 6.92 Å². The van der Waals surface area contributed by atoms with Crippen molar-refractivity contribution in [2.75, 3.05) is 6.54 Å². The van der Waals surface area contributed by atoms with Gasteiger partial charge in [0.15, 0.2) is 0 Å². The topological polar surface area (TPSA) is 75.3 Å². The standard InChI is InChI=1S/C23H26N2O3S/c1-3-22(19-10-8-17(2)9-11-19)25-23(26)14-15-24-29(27,28)21-13-12-18-6-4-5-7-20(18)16-21/h4-13,16,22,24H,3,14-15H2,1-2H3,(H,25,26)/t22-/m1/s1. The van der Waals surface area contributed by atoms with Crippen molar-refractivity contribution < 1.29 is 13.2 Å². The molecule has 0 aliphatic heterocycles. The van der Waals surface area contributed by atoms with E-state index in [2.05, 4.69) is 10.0 Å². The second-order valence-corrected chi connectivity index (χ2v) is 8.86. The number of sulfonamides is 1. The molecule has 5 nitrogen and oxygen atoms in total. The Kier molecular flexibility index (Phi) is 6.67. The molecule has 0 radical (unpaired) electrons. The first-order chi connectivity index (χ1) is 13.9. The van der Waals surface area contributed by atoms with Gasteiger partial charge in [-0.05, 0) is 41.8 Å². The van der Waals surface area contributed by atoms with E-state index in [1.54, 1.807) is 18.2 Å². The molecule has 0 unspecified atom stereocenters. The van der Waals surface area contributed by atoms with Crippen molar-refractivity contribution in [3.05, 3.63) is 77.9 Å². The van der Waals surface area contributed by atoms with Crippen LogP contribution < -0.4 is 10.0 Å². The highest BCUT2D eigenvalue weighted by Crippen LogP contribution is 2.19. The number of hydrogen-bond acceptors (Lipinski definition) is 3. The zero-order valence-corrected chi connectivity index (χ0v) is 17.5. The van der Waals surface area contributed by atoms with Crippen LogP contribution in [-0.4, -0.2) is 20.9 Å². The lowest BCUT2D eigenvalue weighted by Crippen LogP contribution is -2.32. The third-order valence-electron chi connectivity index (χ3n) is 4.90. The lowest BCUT2D eigenvalue weighted by molar-refractivity contribution is -0.121. The van der Waals surface area contributed by atoms with Gasteiger partial charge in [-0.25, -0.2) is 13.1 Å². The van der Waals surface area contributed by atoms with Crippen molar-refractivity contribution in [1.29, 1.82) is 0 Å². The van der Waals surface area contributed by atoms with Gasteiger partial charge in [-0.3, -0.25) is 4.79 Å². The predicted octanol–water partition coefficient (Wildman–Crippen LogP) is 4.08. The van der Waals surface area contributed by atoms with Gasteiger partial charge in [0.05, 0.1) is 10.9 Å². The molecule has 0 heterocycles. The first-order valence-corrected chi connectivity index (χ1v) is 11.2. The van der Waals surface area contributed by atoms with Crippen LogP contribution in [0.25, 0.3) is 10.8 Å². The van der Waals surface area contributed by atoms with Crippen molar-refractivity contribution in [3.63, 3.8) is 0 Å². The van der Waals surface area contributed by atoms with E-state index < -0.39 is 10.0 Å². The fraction of sp³-hybridized carbons (Fsp3) is 0.261. The van der Waals surface area contributed by atoms with E-state index in [0.717, 1.165) is 28.3 Å². The van der Waals surface area contributed by atoms with Gasteiger partial charge in [-0.15, -0.1) is 0 Å². The molecule has 0 aliphatic carbocycles. The smallest absolute Gasteiger partial charge is 0.240 e. The van der Waals surface area contributed by atoms with Gasteiger partial charge in [0.2, 0.25) is 15.9 Å². The minimum absolute atomic E-state index is 0.0470. The Bertz CT molecular complexity index is 1090. The molecule has 3 aromatic carbocycles. The molecule has 0 aliphatic rings. The SMILES string of the molecule is CC[C@@H](NC(=O)CCNS(=O)(=O)c1ccc2ccccc2c1)c1ccc(C)cc1. The Morgan fingerprint density at radius 3 is 2.34 bits per heavy atom. The summed E-state index contributed by atoms with van der Waals surface area (Å²) in [5, 5.41) is 4.82. The maximum atomic E-state index is 12.5. The van der Waals surface area contributed by atoms with E-state index in [1.807, 2.05) is 62.4 Å². The third kappa shape index (κ3) is 5.43. The minimum atomic E-state index is -3.67. The van der Waals surface area contributed by atoms with Gasteiger partial charge in [-0.1, -0.05) is 67.1 Å². The molecule has 6 heteroatoms. The summed E-state index contributed by atoms with van der Waals surface area (Å²) in [6.45, 7) is 4.07. The van der Waals surface area contributed by atoms with Crippen LogP contribution in [0.3, 0.4) is 0 Å². The van der Waals surface area contributed by atoms with Crippen LogP contribution in [0.5, 0.6) is 0 Å². The molecule has 152 valence electrons. The number of rotatable bonds is 8. The van der Waals surface area contributed by atoms with Gasteiger partial charge < -0.3 is 5.32 Å². The Morgan fingerprint density at radius 2 is 1.66 bits per heavy atom. The molecule has 2 N–H and O–H groups in total. The predicted molar refractivity (Wildman–Crippen MR) is 116 cm³/mol. The molecular formula is C23H26N2O3S. The average molecular weight is 411 g/mol. The van der Waals surface area contributed by atoms with Gasteiger partial charge in [0.25, 0.3) is 0 Å². The maximum absolute atomic E-state index is 12.5. The highest BCUT2D eigenvalue weighted by molar-refractivity contribution is 7.89. The highest BCUT2D eigenvalue weighted by atomic mass is 32.2. The molecule has 0 spiro atoms. The number of carbonyl (C=O) groups is 1. The molecule has 0 bridgehead atoms. The Balaban J connectivity index is 1.57. The number of benzene rings is 3. The Hall–Kier alpha value is -2.70. The van der Waals surface area contributed by atoms with Crippen molar-refractivity contribution in [1.82, 2.24) is 10.0 Å². The summed E-state index contributed by atoms with van der Waals surface area (Å²) < 4.78 is 27.6. The largest absolute Gasteiger partial charge is 0.349 e. The quantitative estimate of drug-likeness (QED) is 0.587. The second-order valence-electron chi connectivity index (χ2n) is 7.10. The fourth-order valence-electron chi connectivity index (χ4n) is 3.20. The summed E-state index contributed by atoms with van der Waals surface area (Å²) >= 11 is 0. The maximum Gasteiger partial charge on any atom is 0.240 e. The van der Waals surface area contributed by atoms with Gasteiger partial charge in [-0.2, -0.15) is 0 Å². The van der Waals surface area contributed by atoms with E-state index in [-0.39, 0.29) is 29.8 Å². The molecule has 0 aromatic heterocycles. The molecule has 3 rings (SSSR count). The average Bonchev–Trinajstić information content (AvgIpc) is 2.72. The lowest BCUT2D eigenvalue weighted by Gasteiger charge is -2.18. The fourth-order valence-corrected chi connectivity index (χ4v) is 4.27. The summed E-state index contributed by atoms with van der Waals surface area (Å²) in [5.74, 6) is -0.182. The molecule has 1 amide bonds. The zero-order chi connectivity index (χ0) is 20.9.